The molecule has 0 amide bonds. The van der Waals surface area contributed by atoms with Crippen LogP contribution in [-0.4, -0.2) is 22.5 Å². The molecule has 1 fully saturated rings. The third-order valence-electron chi connectivity index (χ3n) is 3.47. The van der Waals surface area contributed by atoms with Crippen molar-refractivity contribution in [3.8, 4) is 0 Å². The average molecular weight is 242 g/mol. The zero-order valence-electron chi connectivity index (χ0n) is 9.47. The van der Waals surface area contributed by atoms with E-state index in [1.54, 1.807) is 24.3 Å². The van der Waals surface area contributed by atoms with Crippen LogP contribution in [0, 0.1) is 5.92 Å². The Morgan fingerprint density at radius 2 is 1.67 bits per heavy atom. The fraction of sp³-hybridized carbons (Fsp3) is 0.214. The summed E-state index contributed by atoms with van der Waals surface area (Å²) in [5.74, 6) is -2.28. The van der Waals surface area contributed by atoms with Crippen LogP contribution in [0.5, 0.6) is 0 Å². The summed E-state index contributed by atoms with van der Waals surface area (Å²) in [6.45, 7) is 0. The molecular weight excluding hydrogens is 232 g/mol. The minimum absolute atomic E-state index is 0.0186. The van der Waals surface area contributed by atoms with Crippen LogP contribution in [0.2, 0.25) is 0 Å². The van der Waals surface area contributed by atoms with Crippen molar-refractivity contribution in [3.05, 3.63) is 41.0 Å². The molecule has 0 aliphatic heterocycles. The van der Waals surface area contributed by atoms with E-state index >= 15 is 0 Å². The van der Waals surface area contributed by atoms with E-state index in [-0.39, 0.29) is 41.5 Å². The molecule has 0 spiro atoms. The normalized spacial score (nSPS) is 22.9. The Hall–Kier alpha value is -2.23. The molecule has 18 heavy (non-hydrogen) atoms. The molecule has 0 bridgehead atoms. The molecule has 90 valence electrons. The van der Waals surface area contributed by atoms with Crippen molar-refractivity contribution in [2.45, 2.75) is 12.8 Å². The molecule has 1 aromatic carbocycles. The summed E-state index contributed by atoms with van der Waals surface area (Å²) in [6.07, 6.45) is 0.151. The highest BCUT2D eigenvalue weighted by Crippen LogP contribution is 2.38. The van der Waals surface area contributed by atoms with E-state index < -0.39 is 5.92 Å². The first-order valence-corrected chi connectivity index (χ1v) is 5.74. The van der Waals surface area contributed by atoms with Gasteiger partial charge in [0.2, 0.25) is 0 Å². The summed E-state index contributed by atoms with van der Waals surface area (Å²) in [5, 5.41) is 10.1. The molecule has 1 N–H and O–H groups in total. The summed E-state index contributed by atoms with van der Waals surface area (Å²) in [4.78, 5) is 35.9. The lowest BCUT2D eigenvalue weighted by Crippen LogP contribution is -2.37. The zero-order chi connectivity index (χ0) is 12.9. The first kappa shape index (κ1) is 10.9. The lowest BCUT2D eigenvalue weighted by molar-refractivity contribution is -0.127. The molecule has 4 heteroatoms. The van der Waals surface area contributed by atoms with Gasteiger partial charge in [0.05, 0.1) is 5.57 Å². The number of carbonyl (C=O) groups excluding carboxylic acids is 3. The topological polar surface area (TPSA) is 71.4 Å². The Labute approximate surface area is 103 Å². The molecule has 2 aliphatic rings. The Kier molecular flexibility index (Phi) is 2.20. The zero-order valence-corrected chi connectivity index (χ0v) is 9.47. The lowest BCUT2D eigenvalue weighted by Gasteiger charge is -2.28. The minimum Gasteiger partial charge on any atom is -0.507 e. The second-order valence-electron chi connectivity index (χ2n) is 4.49. The van der Waals surface area contributed by atoms with E-state index in [2.05, 4.69) is 0 Å². The van der Waals surface area contributed by atoms with Crippen LogP contribution >= 0.6 is 0 Å². The fourth-order valence-electron chi connectivity index (χ4n) is 2.59. The molecule has 0 aromatic heterocycles. The van der Waals surface area contributed by atoms with Gasteiger partial charge in [-0.3, -0.25) is 14.4 Å². The highest BCUT2D eigenvalue weighted by Gasteiger charge is 2.44. The Balaban J connectivity index is 2.31. The number of allylic oxidation sites excluding steroid dienone is 1. The van der Waals surface area contributed by atoms with Crippen molar-refractivity contribution >= 4 is 23.1 Å². The van der Waals surface area contributed by atoms with E-state index in [4.69, 9.17) is 0 Å². The predicted molar refractivity (Wildman–Crippen MR) is 63.1 cm³/mol. The van der Waals surface area contributed by atoms with Crippen molar-refractivity contribution in [3.63, 3.8) is 0 Å². The van der Waals surface area contributed by atoms with Crippen molar-refractivity contribution in [1.82, 2.24) is 0 Å². The summed E-state index contributed by atoms with van der Waals surface area (Å²) >= 11 is 0. The van der Waals surface area contributed by atoms with Gasteiger partial charge in [0.1, 0.15) is 17.5 Å². The second kappa shape index (κ2) is 3.63. The number of rotatable bonds is 0. The van der Waals surface area contributed by atoms with Crippen LogP contribution in [-0.2, 0) is 9.59 Å². The molecule has 0 saturated heterocycles. The highest BCUT2D eigenvalue weighted by atomic mass is 16.3. The summed E-state index contributed by atoms with van der Waals surface area (Å²) in [5.41, 5.74) is 0.638. The molecule has 0 radical (unpaired) electrons. The van der Waals surface area contributed by atoms with Gasteiger partial charge in [-0.2, -0.15) is 0 Å². The average Bonchev–Trinajstić information content (AvgIpc) is 2.38. The number of carbonyl (C=O) groups is 3. The highest BCUT2D eigenvalue weighted by molar-refractivity contribution is 6.26. The van der Waals surface area contributed by atoms with Crippen LogP contribution in [0.3, 0.4) is 0 Å². The van der Waals surface area contributed by atoms with E-state index in [1.807, 2.05) is 0 Å². The van der Waals surface area contributed by atoms with E-state index in [0.717, 1.165) is 0 Å². The first-order chi connectivity index (χ1) is 8.61. The molecule has 2 aliphatic carbocycles. The molecule has 1 atom stereocenters. The van der Waals surface area contributed by atoms with Crippen LogP contribution in [0.25, 0.3) is 5.76 Å². The van der Waals surface area contributed by atoms with Crippen LogP contribution < -0.4 is 0 Å². The van der Waals surface area contributed by atoms with Gasteiger partial charge in [0.25, 0.3) is 0 Å². The fourth-order valence-corrected chi connectivity index (χ4v) is 2.59. The van der Waals surface area contributed by atoms with Crippen LogP contribution in [0.15, 0.2) is 29.8 Å². The largest absolute Gasteiger partial charge is 0.507 e. The van der Waals surface area contributed by atoms with Gasteiger partial charge < -0.3 is 5.11 Å². The summed E-state index contributed by atoms with van der Waals surface area (Å²) in [6, 6.07) is 6.50. The molecule has 3 rings (SSSR count). The Bertz CT molecular complexity index is 624. The SMILES string of the molecule is O=C1CCC(=O)[C@H]2C(=O)c3ccccc3C(O)=C12. The molecular formula is C14H10O4. The van der Waals surface area contributed by atoms with Gasteiger partial charge in [-0.15, -0.1) is 0 Å². The number of hydrogen-bond donors (Lipinski definition) is 1. The monoisotopic (exact) mass is 242 g/mol. The van der Waals surface area contributed by atoms with Gasteiger partial charge >= 0.3 is 0 Å². The molecule has 1 saturated carbocycles. The number of aliphatic hydroxyl groups excluding tert-OH is 1. The lowest BCUT2D eigenvalue weighted by atomic mass is 9.72. The van der Waals surface area contributed by atoms with Crippen molar-refractivity contribution in [2.24, 2.45) is 5.92 Å². The van der Waals surface area contributed by atoms with E-state index in [0.29, 0.717) is 11.1 Å². The summed E-state index contributed by atoms with van der Waals surface area (Å²) in [7, 11) is 0. The van der Waals surface area contributed by atoms with Gasteiger partial charge in [0, 0.05) is 24.0 Å². The van der Waals surface area contributed by atoms with Gasteiger partial charge in [-0.25, -0.2) is 0 Å². The van der Waals surface area contributed by atoms with Gasteiger partial charge in [-0.05, 0) is 0 Å². The Morgan fingerprint density at radius 3 is 2.39 bits per heavy atom. The maximum atomic E-state index is 12.2. The second-order valence-corrected chi connectivity index (χ2v) is 4.49. The number of hydrogen-bond acceptors (Lipinski definition) is 4. The maximum absolute atomic E-state index is 12.2. The van der Waals surface area contributed by atoms with E-state index in [9.17, 15) is 19.5 Å². The standard InChI is InChI=1S/C14H10O4/c15-9-5-6-10(16)12-11(9)13(17)7-3-1-2-4-8(7)14(12)18/h1-4,11,18H,5-6H2/t11-/m1/s1. The van der Waals surface area contributed by atoms with Crippen LogP contribution in [0.4, 0.5) is 0 Å². The molecule has 0 heterocycles. The predicted octanol–water partition coefficient (Wildman–Crippen LogP) is 1.70. The van der Waals surface area contributed by atoms with Gasteiger partial charge in [-0.1, -0.05) is 24.3 Å². The quantitative estimate of drug-likeness (QED) is 0.703. The van der Waals surface area contributed by atoms with Crippen molar-refractivity contribution in [1.29, 1.82) is 0 Å². The van der Waals surface area contributed by atoms with Crippen molar-refractivity contribution < 1.29 is 19.5 Å². The van der Waals surface area contributed by atoms with E-state index in [1.165, 1.54) is 0 Å². The number of aliphatic hydroxyl groups is 1. The smallest absolute Gasteiger partial charge is 0.178 e. The van der Waals surface area contributed by atoms with Gasteiger partial charge in [0.15, 0.2) is 11.6 Å². The molecule has 0 unspecified atom stereocenters. The maximum Gasteiger partial charge on any atom is 0.178 e. The number of Topliss-reactive ketones (excluding diaryl/α,β-unsaturated/α-hetero) is 3. The third kappa shape index (κ3) is 1.29. The van der Waals surface area contributed by atoms with Crippen molar-refractivity contribution in [2.75, 3.05) is 0 Å². The summed E-state index contributed by atoms with van der Waals surface area (Å²) < 4.78 is 0. The first-order valence-electron chi connectivity index (χ1n) is 5.74. The minimum atomic E-state index is -1.10. The van der Waals surface area contributed by atoms with Crippen LogP contribution in [0.1, 0.15) is 28.8 Å². The third-order valence-corrected chi connectivity index (χ3v) is 3.47. The molecule has 4 nitrogen and oxygen atoms in total. The number of fused-ring (bicyclic) bond motifs is 2. The Morgan fingerprint density at radius 1 is 1.00 bits per heavy atom. The number of ketones is 3. The number of benzene rings is 1. The molecule has 1 aromatic rings.